The fourth-order valence-corrected chi connectivity index (χ4v) is 5.32. The highest BCUT2D eigenvalue weighted by molar-refractivity contribution is 7.19. The van der Waals surface area contributed by atoms with Crippen LogP contribution in [-0.4, -0.2) is 20.2 Å². The molecule has 0 radical (unpaired) electrons. The number of esters is 1. The lowest BCUT2D eigenvalue weighted by molar-refractivity contribution is -0.140. The van der Waals surface area contributed by atoms with Crippen LogP contribution in [0.2, 0.25) is 0 Å². The number of methoxy groups -OCH3 is 2. The summed E-state index contributed by atoms with van der Waals surface area (Å²) >= 11 is 1.66. The maximum atomic E-state index is 13.6. The average Bonchev–Trinajstić information content (AvgIpc) is 3.24. The molecule has 34 heavy (non-hydrogen) atoms. The number of benzene rings is 3. The highest BCUT2D eigenvalue weighted by Crippen LogP contribution is 2.39. The summed E-state index contributed by atoms with van der Waals surface area (Å²) in [5.41, 5.74) is 1.31. The van der Waals surface area contributed by atoms with Gasteiger partial charge in [-0.05, 0) is 53.6 Å². The Morgan fingerprint density at radius 1 is 0.912 bits per heavy atom. The molecule has 176 valence electrons. The van der Waals surface area contributed by atoms with E-state index in [1.807, 2.05) is 37.3 Å². The van der Waals surface area contributed by atoms with Crippen LogP contribution in [0.15, 0.2) is 72.8 Å². The number of rotatable bonds is 8. The molecule has 0 N–H and O–H groups in total. The summed E-state index contributed by atoms with van der Waals surface area (Å²) in [5, 5.41) is 1.06. The van der Waals surface area contributed by atoms with Crippen LogP contribution < -0.4 is 14.2 Å². The molecular weight excluding hydrogens is 444 g/mol. The highest BCUT2D eigenvalue weighted by Gasteiger charge is 2.38. The van der Waals surface area contributed by atoms with Crippen LogP contribution in [0.4, 0.5) is 0 Å². The van der Waals surface area contributed by atoms with Gasteiger partial charge in [0.1, 0.15) is 5.75 Å². The number of carbonyl (C=O) groups excluding carboxylic acids is 1. The molecule has 1 heterocycles. The monoisotopic (exact) mass is 474 g/mol. The van der Waals surface area contributed by atoms with E-state index in [1.165, 1.54) is 5.56 Å². The van der Waals surface area contributed by atoms with E-state index in [0.717, 1.165) is 20.5 Å². The third kappa shape index (κ3) is 4.80. The molecule has 0 aliphatic rings. The minimum absolute atomic E-state index is 0.274. The fourth-order valence-electron chi connectivity index (χ4n) is 4.09. The van der Waals surface area contributed by atoms with Crippen LogP contribution in [0.1, 0.15) is 42.7 Å². The van der Waals surface area contributed by atoms with Crippen LogP contribution in [0.3, 0.4) is 0 Å². The third-order valence-corrected chi connectivity index (χ3v) is 7.32. The Morgan fingerprint density at radius 2 is 1.56 bits per heavy atom. The predicted octanol–water partition coefficient (Wildman–Crippen LogP) is 7.15. The van der Waals surface area contributed by atoms with Gasteiger partial charge in [-0.2, -0.15) is 0 Å². The molecule has 0 saturated heterocycles. The first-order valence-electron chi connectivity index (χ1n) is 11.4. The van der Waals surface area contributed by atoms with E-state index in [-0.39, 0.29) is 5.97 Å². The van der Waals surface area contributed by atoms with Crippen molar-refractivity contribution in [1.29, 1.82) is 0 Å². The van der Waals surface area contributed by atoms with Crippen LogP contribution in [0, 0.1) is 0 Å². The summed E-state index contributed by atoms with van der Waals surface area (Å²) in [6.07, 6.45) is 0.518. The van der Waals surface area contributed by atoms with Crippen LogP contribution in [0.5, 0.6) is 17.2 Å². The summed E-state index contributed by atoms with van der Waals surface area (Å²) in [5.74, 6) is 2.07. The van der Waals surface area contributed by atoms with Crippen molar-refractivity contribution in [3.63, 3.8) is 0 Å². The van der Waals surface area contributed by atoms with Crippen molar-refractivity contribution >= 4 is 27.4 Å². The van der Waals surface area contributed by atoms with Gasteiger partial charge < -0.3 is 14.2 Å². The van der Waals surface area contributed by atoms with E-state index in [9.17, 15) is 4.79 Å². The number of ether oxygens (including phenoxy) is 3. The molecular formula is C29H30O4S. The number of fused-ring (bicyclic) bond motifs is 1. The Bertz CT molecular complexity index is 1230. The van der Waals surface area contributed by atoms with E-state index < -0.39 is 5.41 Å². The molecule has 0 bridgehead atoms. The molecule has 0 aliphatic carbocycles. The smallest absolute Gasteiger partial charge is 0.322 e. The van der Waals surface area contributed by atoms with Crippen LogP contribution in [-0.2, 0) is 16.6 Å². The van der Waals surface area contributed by atoms with Gasteiger partial charge in [-0.3, -0.25) is 4.79 Å². The largest absolute Gasteiger partial charge is 0.493 e. The van der Waals surface area contributed by atoms with Crippen molar-refractivity contribution < 1.29 is 19.0 Å². The SMILES string of the molecule is COc1cc2cc(CC(C)(C(=O)Oc3ccccc3)c3ccc(C(C)C)cc3)sc2cc1OC. The Balaban J connectivity index is 1.73. The highest BCUT2D eigenvalue weighted by atomic mass is 32.1. The van der Waals surface area contributed by atoms with E-state index in [1.54, 1.807) is 37.7 Å². The molecule has 5 heteroatoms. The molecule has 1 unspecified atom stereocenters. The maximum absolute atomic E-state index is 13.6. The number of hydrogen-bond acceptors (Lipinski definition) is 5. The Hall–Kier alpha value is -3.31. The average molecular weight is 475 g/mol. The normalized spacial score (nSPS) is 13.0. The lowest BCUT2D eigenvalue weighted by atomic mass is 9.78. The lowest BCUT2D eigenvalue weighted by Gasteiger charge is -2.28. The topological polar surface area (TPSA) is 44.8 Å². The van der Waals surface area contributed by atoms with Crippen molar-refractivity contribution in [2.45, 2.75) is 38.5 Å². The summed E-state index contributed by atoms with van der Waals surface area (Å²) in [6.45, 7) is 6.30. The second-order valence-corrected chi connectivity index (χ2v) is 10.1. The molecule has 0 aliphatic heterocycles. The molecule has 0 spiro atoms. The van der Waals surface area contributed by atoms with Gasteiger partial charge in [0.05, 0.1) is 19.6 Å². The van der Waals surface area contributed by atoms with Crippen molar-refractivity contribution in [3.05, 3.63) is 88.8 Å². The standard InChI is InChI=1S/C29H30O4S/c1-19(2)20-11-13-22(14-12-20)29(3,28(30)33-23-9-7-6-8-10-23)18-24-15-21-16-25(31-4)26(32-5)17-27(21)34-24/h6-17,19H,18H2,1-5H3. The number of hydrogen-bond donors (Lipinski definition) is 0. The van der Waals surface area contributed by atoms with Crippen molar-refractivity contribution in [1.82, 2.24) is 0 Å². The molecule has 1 atom stereocenters. The van der Waals surface area contributed by atoms with Gasteiger partial charge in [0.2, 0.25) is 0 Å². The van der Waals surface area contributed by atoms with Gasteiger partial charge in [-0.25, -0.2) is 0 Å². The minimum atomic E-state index is -0.861. The van der Waals surface area contributed by atoms with Gasteiger partial charge in [0.15, 0.2) is 11.5 Å². The Morgan fingerprint density at radius 3 is 2.18 bits per heavy atom. The maximum Gasteiger partial charge on any atom is 0.322 e. The Kier molecular flexibility index (Phi) is 6.94. The molecule has 4 aromatic rings. The molecule has 0 amide bonds. The predicted molar refractivity (Wildman–Crippen MR) is 139 cm³/mol. The van der Waals surface area contributed by atoms with Crippen LogP contribution >= 0.6 is 11.3 Å². The zero-order valence-corrected chi connectivity index (χ0v) is 21.1. The summed E-state index contributed by atoms with van der Waals surface area (Å²) in [6, 6.07) is 23.7. The van der Waals surface area contributed by atoms with Gasteiger partial charge >= 0.3 is 5.97 Å². The second-order valence-electron chi connectivity index (χ2n) is 8.95. The molecule has 4 rings (SSSR count). The molecule has 4 nitrogen and oxygen atoms in total. The van der Waals surface area contributed by atoms with Gasteiger partial charge in [-0.15, -0.1) is 11.3 Å². The van der Waals surface area contributed by atoms with E-state index in [0.29, 0.717) is 29.6 Å². The van der Waals surface area contributed by atoms with E-state index in [2.05, 4.69) is 44.2 Å². The zero-order chi connectivity index (χ0) is 24.3. The van der Waals surface area contributed by atoms with E-state index in [4.69, 9.17) is 14.2 Å². The second kappa shape index (κ2) is 9.90. The Labute approximate surface area is 205 Å². The lowest BCUT2D eigenvalue weighted by Crippen LogP contribution is -2.38. The molecule has 1 aromatic heterocycles. The minimum Gasteiger partial charge on any atom is -0.493 e. The van der Waals surface area contributed by atoms with Crippen molar-refractivity contribution in [2.75, 3.05) is 14.2 Å². The first kappa shape index (κ1) is 23.8. The van der Waals surface area contributed by atoms with Gasteiger partial charge in [0.25, 0.3) is 0 Å². The van der Waals surface area contributed by atoms with E-state index >= 15 is 0 Å². The zero-order valence-electron chi connectivity index (χ0n) is 20.3. The van der Waals surface area contributed by atoms with Crippen molar-refractivity contribution in [3.8, 4) is 17.2 Å². The van der Waals surface area contributed by atoms with Crippen molar-refractivity contribution in [2.24, 2.45) is 0 Å². The molecule has 0 saturated carbocycles. The first-order valence-corrected chi connectivity index (χ1v) is 12.2. The van der Waals surface area contributed by atoms with Gasteiger partial charge in [-0.1, -0.05) is 56.3 Å². The fraction of sp³-hybridized carbons (Fsp3) is 0.276. The van der Waals surface area contributed by atoms with Gasteiger partial charge in [0, 0.05) is 22.1 Å². The quantitative estimate of drug-likeness (QED) is 0.201. The summed E-state index contributed by atoms with van der Waals surface area (Å²) in [4.78, 5) is 14.7. The third-order valence-electron chi connectivity index (χ3n) is 6.22. The summed E-state index contributed by atoms with van der Waals surface area (Å²) in [7, 11) is 3.27. The molecule has 0 fully saturated rings. The van der Waals surface area contributed by atoms with Crippen LogP contribution in [0.25, 0.3) is 10.1 Å². The molecule has 3 aromatic carbocycles. The first-order chi connectivity index (χ1) is 16.3. The number of carbonyl (C=O) groups is 1. The number of para-hydroxylation sites is 1. The number of thiophene rings is 1. The summed E-state index contributed by atoms with van der Waals surface area (Å²) < 4.78 is 17.9.